The number of hydrogen-bond acceptors (Lipinski definition) is 3. The lowest BCUT2D eigenvalue weighted by molar-refractivity contribution is -0.131. The molecule has 1 aliphatic rings. The van der Waals surface area contributed by atoms with E-state index in [9.17, 15) is 4.79 Å². The molecule has 1 unspecified atom stereocenters. The highest BCUT2D eigenvalue weighted by atomic mass is 16.5. The number of hydrogen-bond donors (Lipinski definition) is 0. The third-order valence-corrected chi connectivity index (χ3v) is 6.10. The zero-order valence-corrected chi connectivity index (χ0v) is 19.4. The van der Waals surface area contributed by atoms with Gasteiger partial charge in [-0.25, -0.2) is 4.98 Å². The fraction of sp³-hybridized carbons (Fsp3) is 0.407. The lowest BCUT2D eigenvalue weighted by Crippen LogP contribution is -2.42. The van der Waals surface area contributed by atoms with E-state index in [-0.39, 0.29) is 17.4 Å². The van der Waals surface area contributed by atoms with Crippen LogP contribution in [0.4, 0.5) is 0 Å². The number of rotatable bonds is 8. The number of fused-ring (bicyclic) bond motifs is 1. The summed E-state index contributed by atoms with van der Waals surface area (Å²) in [4.78, 5) is 19.6. The molecule has 1 fully saturated rings. The van der Waals surface area contributed by atoms with Gasteiger partial charge in [-0.3, -0.25) is 4.79 Å². The number of aryl methyl sites for hydroxylation is 1. The number of amides is 1. The second-order valence-electron chi connectivity index (χ2n) is 9.49. The molecule has 4 rings (SSSR count). The van der Waals surface area contributed by atoms with Crippen molar-refractivity contribution >= 4 is 16.9 Å². The first kappa shape index (κ1) is 22.1. The predicted octanol–water partition coefficient (Wildman–Crippen LogP) is 5.35. The molecule has 0 saturated carbocycles. The summed E-state index contributed by atoms with van der Waals surface area (Å²) in [7, 11) is 0. The summed E-state index contributed by atoms with van der Waals surface area (Å²) < 4.78 is 8.39. The molecule has 0 bridgehead atoms. The van der Waals surface area contributed by atoms with Crippen molar-refractivity contribution in [2.45, 2.75) is 58.0 Å². The normalized spacial score (nSPS) is 16.7. The Labute approximate surface area is 190 Å². The minimum Gasteiger partial charge on any atom is -0.493 e. The molecule has 2 heterocycles. The van der Waals surface area contributed by atoms with Crippen LogP contribution in [0, 0.1) is 0 Å². The Morgan fingerprint density at radius 3 is 2.66 bits per heavy atom. The van der Waals surface area contributed by atoms with Crippen molar-refractivity contribution in [2.75, 3.05) is 13.2 Å². The third kappa shape index (κ3) is 4.57. The molecule has 1 amide bonds. The lowest BCUT2D eigenvalue weighted by Gasteiger charge is -2.32. The Morgan fingerprint density at radius 1 is 1.16 bits per heavy atom. The number of benzene rings is 2. The van der Waals surface area contributed by atoms with Gasteiger partial charge in [-0.15, -0.1) is 6.58 Å². The van der Waals surface area contributed by atoms with Crippen LogP contribution in [-0.4, -0.2) is 39.0 Å². The van der Waals surface area contributed by atoms with Crippen LogP contribution in [0.25, 0.3) is 11.0 Å². The SMILES string of the molecule is C=CCc1ccccc1OCCCn1c(C2CC(=O)N(C(C)(C)C)C2)nc2ccccc21. The van der Waals surface area contributed by atoms with Crippen LogP contribution in [0.3, 0.4) is 0 Å². The molecule has 1 aliphatic heterocycles. The zero-order valence-electron chi connectivity index (χ0n) is 19.4. The number of imidazole rings is 1. The number of nitrogens with zero attached hydrogens (tertiary/aromatic N) is 3. The monoisotopic (exact) mass is 431 g/mol. The first-order valence-corrected chi connectivity index (χ1v) is 11.5. The topological polar surface area (TPSA) is 47.4 Å². The molecular formula is C27H33N3O2. The van der Waals surface area contributed by atoms with Gasteiger partial charge in [0.25, 0.3) is 0 Å². The van der Waals surface area contributed by atoms with Gasteiger partial charge < -0.3 is 14.2 Å². The summed E-state index contributed by atoms with van der Waals surface area (Å²) in [5, 5.41) is 0. The summed E-state index contributed by atoms with van der Waals surface area (Å²) in [6.45, 7) is 12.3. The Bertz CT molecular complexity index is 1110. The average molecular weight is 432 g/mol. The quantitative estimate of drug-likeness (QED) is 0.357. The molecule has 32 heavy (non-hydrogen) atoms. The number of carbonyl (C=O) groups is 1. The van der Waals surface area contributed by atoms with Crippen LogP contribution in [-0.2, 0) is 17.8 Å². The van der Waals surface area contributed by atoms with E-state index in [1.165, 1.54) is 0 Å². The molecule has 1 atom stereocenters. The molecule has 168 valence electrons. The van der Waals surface area contributed by atoms with Crippen molar-refractivity contribution in [3.63, 3.8) is 0 Å². The fourth-order valence-electron chi connectivity index (χ4n) is 4.54. The van der Waals surface area contributed by atoms with Crippen molar-refractivity contribution in [1.82, 2.24) is 14.5 Å². The van der Waals surface area contributed by atoms with Gasteiger partial charge in [-0.05, 0) is 57.4 Å². The maximum atomic E-state index is 12.7. The van der Waals surface area contributed by atoms with E-state index in [2.05, 4.69) is 50.1 Å². The summed E-state index contributed by atoms with van der Waals surface area (Å²) in [6, 6.07) is 16.4. The third-order valence-electron chi connectivity index (χ3n) is 6.10. The van der Waals surface area contributed by atoms with E-state index >= 15 is 0 Å². The lowest BCUT2D eigenvalue weighted by atomic mass is 10.1. The molecule has 1 aromatic heterocycles. The fourth-order valence-corrected chi connectivity index (χ4v) is 4.54. The molecule has 2 aromatic carbocycles. The van der Waals surface area contributed by atoms with Gasteiger partial charge in [0.2, 0.25) is 5.91 Å². The van der Waals surface area contributed by atoms with Gasteiger partial charge in [-0.1, -0.05) is 36.4 Å². The van der Waals surface area contributed by atoms with Gasteiger partial charge in [0, 0.05) is 31.0 Å². The highest BCUT2D eigenvalue weighted by molar-refractivity contribution is 5.81. The summed E-state index contributed by atoms with van der Waals surface area (Å²) >= 11 is 0. The van der Waals surface area contributed by atoms with E-state index in [0.717, 1.165) is 54.1 Å². The maximum Gasteiger partial charge on any atom is 0.223 e. The second kappa shape index (κ2) is 9.19. The molecule has 0 N–H and O–H groups in total. The van der Waals surface area contributed by atoms with Crippen LogP contribution < -0.4 is 4.74 Å². The minimum absolute atomic E-state index is 0.114. The smallest absolute Gasteiger partial charge is 0.223 e. The van der Waals surface area contributed by atoms with Crippen molar-refractivity contribution in [2.24, 2.45) is 0 Å². The van der Waals surface area contributed by atoms with Crippen LogP contribution >= 0.6 is 0 Å². The molecule has 5 nitrogen and oxygen atoms in total. The molecule has 1 saturated heterocycles. The predicted molar refractivity (Wildman–Crippen MR) is 129 cm³/mol. The van der Waals surface area contributed by atoms with Crippen LogP contribution in [0.15, 0.2) is 61.2 Å². The largest absolute Gasteiger partial charge is 0.493 e. The Morgan fingerprint density at radius 2 is 1.91 bits per heavy atom. The second-order valence-corrected chi connectivity index (χ2v) is 9.49. The number of carbonyl (C=O) groups excluding carboxylic acids is 1. The summed E-state index contributed by atoms with van der Waals surface area (Å²) in [5.41, 5.74) is 3.09. The van der Waals surface area contributed by atoms with Gasteiger partial charge >= 0.3 is 0 Å². The standard InChI is InChI=1S/C27H33N3O2/c1-5-11-20-12-6-9-15-24(20)32-17-10-16-29-23-14-8-7-13-22(23)28-26(29)21-18-25(31)30(19-21)27(2,3)4/h5-9,12-15,21H,1,10-11,16-19H2,2-4H3. The molecule has 0 aliphatic carbocycles. The summed E-state index contributed by atoms with van der Waals surface area (Å²) in [6.07, 6.45) is 4.08. The van der Waals surface area contributed by atoms with Gasteiger partial charge in [-0.2, -0.15) is 0 Å². The van der Waals surface area contributed by atoms with E-state index < -0.39 is 0 Å². The highest BCUT2D eigenvalue weighted by Gasteiger charge is 2.38. The first-order chi connectivity index (χ1) is 15.4. The molecule has 0 spiro atoms. The van der Waals surface area contributed by atoms with E-state index in [1.54, 1.807) is 0 Å². The Balaban J connectivity index is 1.50. The van der Waals surface area contributed by atoms with Crippen LogP contribution in [0.5, 0.6) is 5.75 Å². The number of para-hydroxylation sites is 3. The van der Waals surface area contributed by atoms with Crippen molar-refractivity contribution in [1.29, 1.82) is 0 Å². The minimum atomic E-state index is -0.171. The van der Waals surface area contributed by atoms with Crippen molar-refractivity contribution in [3.05, 3.63) is 72.6 Å². The zero-order chi connectivity index (χ0) is 22.7. The number of aromatic nitrogens is 2. The number of likely N-dealkylation sites (tertiary alicyclic amines) is 1. The highest BCUT2D eigenvalue weighted by Crippen LogP contribution is 2.34. The van der Waals surface area contributed by atoms with E-state index in [0.29, 0.717) is 13.0 Å². The molecular weight excluding hydrogens is 398 g/mol. The van der Waals surface area contributed by atoms with Gasteiger partial charge in [0.1, 0.15) is 11.6 Å². The number of ether oxygens (including phenoxy) is 1. The van der Waals surface area contributed by atoms with E-state index in [4.69, 9.17) is 9.72 Å². The summed E-state index contributed by atoms with van der Waals surface area (Å²) in [5.74, 6) is 2.26. The van der Waals surface area contributed by atoms with E-state index in [1.807, 2.05) is 41.3 Å². The Hall–Kier alpha value is -3.08. The average Bonchev–Trinajstić information content (AvgIpc) is 3.33. The van der Waals surface area contributed by atoms with Crippen LogP contribution in [0.2, 0.25) is 0 Å². The molecule has 3 aromatic rings. The molecule has 0 radical (unpaired) electrons. The maximum absolute atomic E-state index is 12.7. The first-order valence-electron chi connectivity index (χ1n) is 11.5. The molecule has 5 heteroatoms. The van der Waals surface area contributed by atoms with Crippen molar-refractivity contribution in [3.8, 4) is 5.75 Å². The number of allylic oxidation sites excluding steroid dienone is 1. The van der Waals surface area contributed by atoms with Gasteiger partial charge in [0.15, 0.2) is 0 Å². The Kier molecular flexibility index (Phi) is 6.35. The van der Waals surface area contributed by atoms with Gasteiger partial charge in [0.05, 0.1) is 17.6 Å². The van der Waals surface area contributed by atoms with Crippen molar-refractivity contribution < 1.29 is 9.53 Å². The van der Waals surface area contributed by atoms with Crippen LogP contribution in [0.1, 0.15) is 50.9 Å².